The second-order valence-corrected chi connectivity index (χ2v) is 4.40. The van der Waals surface area contributed by atoms with E-state index in [1.165, 1.54) is 10.6 Å². The Hall–Kier alpha value is -1.15. The molecule has 0 fully saturated rings. The average Bonchev–Trinajstić information content (AvgIpc) is 2.68. The van der Waals surface area contributed by atoms with Gasteiger partial charge in [-0.05, 0) is 6.07 Å². The molecule has 2 rings (SSSR count). The lowest BCUT2D eigenvalue weighted by Crippen LogP contribution is -1.85. The molecule has 1 radical (unpaired) electrons. The van der Waals surface area contributed by atoms with Crippen LogP contribution in [0.25, 0.3) is 11.3 Å². The molecule has 14 heavy (non-hydrogen) atoms. The molecule has 0 bridgehead atoms. The summed E-state index contributed by atoms with van der Waals surface area (Å²) in [5, 5.41) is 3.32. The lowest BCUT2D eigenvalue weighted by atomic mass is 10.2. The zero-order valence-corrected chi connectivity index (χ0v) is 9.14. The van der Waals surface area contributed by atoms with E-state index in [1.54, 1.807) is 11.3 Å². The van der Waals surface area contributed by atoms with Crippen molar-refractivity contribution < 1.29 is 0 Å². The number of nitrogens with zero attached hydrogens (tertiary/aromatic N) is 1. The molecular formula is C12H12NS. The van der Waals surface area contributed by atoms with Crippen LogP contribution in [0.5, 0.6) is 0 Å². The molecule has 1 heterocycles. The van der Waals surface area contributed by atoms with Crippen LogP contribution < -0.4 is 0 Å². The highest BCUT2D eigenvalue weighted by atomic mass is 32.1. The van der Waals surface area contributed by atoms with Gasteiger partial charge in [0.15, 0.2) is 0 Å². The molecule has 2 aromatic rings. The van der Waals surface area contributed by atoms with Gasteiger partial charge < -0.3 is 0 Å². The van der Waals surface area contributed by atoms with Crippen molar-refractivity contribution in [3.05, 3.63) is 40.7 Å². The summed E-state index contributed by atoms with van der Waals surface area (Å²) in [6.45, 7) is 4.34. The Balaban J connectivity index is 2.34. The van der Waals surface area contributed by atoms with Crippen LogP contribution in [0, 0.1) is 6.07 Å². The normalized spacial score (nSPS) is 10.8. The number of benzene rings is 1. The van der Waals surface area contributed by atoms with Gasteiger partial charge in [0.05, 0.1) is 10.7 Å². The monoisotopic (exact) mass is 202 g/mol. The van der Waals surface area contributed by atoms with E-state index in [4.69, 9.17) is 0 Å². The summed E-state index contributed by atoms with van der Waals surface area (Å²) in [4.78, 5) is 4.58. The van der Waals surface area contributed by atoms with Gasteiger partial charge in [0, 0.05) is 16.9 Å². The quantitative estimate of drug-likeness (QED) is 0.723. The van der Waals surface area contributed by atoms with Gasteiger partial charge in [-0.1, -0.05) is 38.1 Å². The van der Waals surface area contributed by atoms with Crippen molar-refractivity contribution in [1.29, 1.82) is 0 Å². The Labute approximate surface area is 88.4 Å². The van der Waals surface area contributed by atoms with Crippen molar-refractivity contribution in [3.8, 4) is 11.3 Å². The molecule has 1 aromatic carbocycles. The highest BCUT2D eigenvalue weighted by molar-refractivity contribution is 7.10. The molecule has 2 heteroatoms. The molecule has 0 amide bonds. The SMILES string of the molecule is CC(C)c1nc(-c2cc[c]cc2)cs1. The lowest BCUT2D eigenvalue weighted by molar-refractivity contribution is 0.853. The third kappa shape index (κ3) is 1.85. The molecular weight excluding hydrogens is 190 g/mol. The molecule has 0 N–H and O–H groups in total. The molecule has 0 aliphatic heterocycles. The van der Waals surface area contributed by atoms with Crippen LogP contribution in [0.15, 0.2) is 29.6 Å². The topological polar surface area (TPSA) is 12.9 Å². The van der Waals surface area contributed by atoms with Gasteiger partial charge in [0.2, 0.25) is 0 Å². The minimum absolute atomic E-state index is 0.518. The summed E-state index contributed by atoms with van der Waals surface area (Å²) in [5.41, 5.74) is 2.25. The maximum Gasteiger partial charge on any atom is 0.0958 e. The van der Waals surface area contributed by atoms with Gasteiger partial charge >= 0.3 is 0 Å². The van der Waals surface area contributed by atoms with E-state index in [-0.39, 0.29) is 0 Å². The van der Waals surface area contributed by atoms with E-state index in [1.807, 2.05) is 24.3 Å². The van der Waals surface area contributed by atoms with E-state index in [9.17, 15) is 0 Å². The van der Waals surface area contributed by atoms with Crippen molar-refractivity contribution >= 4 is 11.3 Å². The number of aromatic nitrogens is 1. The van der Waals surface area contributed by atoms with Gasteiger partial charge in [0.25, 0.3) is 0 Å². The maximum atomic E-state index is 4.58. The van der Waals surface area contributed by atoms with Crippen molar-refractivity contribution in [2.24, 2.45) is 0 Å². The van der Waals surface area contributed by atoms with Gasteiger partial charge in [0.1, 0.15) is 0 Å². The van der Waals surface area contributed by atoms with Crippen LogP contribution >= 0.6 is 11.3 Å². The highest BCUT2D eigenvalue weighted by Crippen LogP contribution is 2.25. The third-order valence-electron chi connectivity index (χ3n) is 2.03. The van der Waals surface area contributed by atoms with Gasteiger partial charge in [-0.15, -0.1) is 11.3 Å². The highest BCUT2D eigenvalue weighted by Gasteiger charge is 2.06. The minimum Gasteiger partial charge on any atom is -0.241 e. The van der Waals surface area contributed by atoms with Crippen LogP contribution in [0.2, 0.25) is 0 Å². The van der Waals surface area contributed by atoms with Crippen LogP contribution in [0.3, 0.4) is 0 Å². The molecule has 0 spiro atoms. The Kier molecular flexibility index (Phi) is 2.64. The number of hydrogen-bond acceptors (Lipinski definition) is 2. The Morgan fingerprint density at radius 3 is 2.57 bits per heavy atom. The summed E-state index contributed by atoms with van der Waals surface area (Å²) in [6.07, 6.45) is 0. The predicted octanol–water partition coefficient (Wildman–Crippen LogP) is 3.73. The summed E-state index contributed by atoms with van der Waals surface area (Å²) in [6, 6.07) is 10.9. The second-order valence-electron chi connectivity index (χ2n) is 3.51. The van der Waals surface area contributed by atoms with E-state index in [2.05, 4.69) is 30.3 Å². The van der Waals surface area contributed by atoms with Crippen LogP contribution in [-0.2, 0) is 0 Å². The summed E-state index contributed by atoms with van der Waals surface area (Å²) >= 11 is 1.73. The fourth-order valence-electron chi connectivity index (χ4n) is 1.24. The molecule has 71 valence electrons. The van der Waals surface area contributed by atoms with Crippen molar-refractivity contribution in [2.45, 2.75) is 19.8 Å². The molecule has 0 saturated carbocycles. The van der Waals surface area contributed by atoms with Crippen molar-refractivity contribution in [2.75, 3.05) is 0 Å². The Bertz CT molecular complexity index is 403. The number of hydrogen-bond donors (Lipinski definition) is 0. The van der Waals surface area contributed by atoms with Crippen LogP contribution in [0.4, 0.5) is 0 Å². The number of thiazole rings is 1. The van der Waals surface area contributed by atoms with Crippen molar-refractivity contribution in [1.82, 2.24) is 4.98 Å². The first-order valence-corrected chi connectivity index (χ1v) is 5.57. The Morgan fingerprint density at radius 1 is 1.29 bits per heavy atom. The predicted molar refractivity (Wildman–Crippen MR) is 60.5 cm³/mol. The lowest BCUT2D eigenvalue weighted by Gasteiger charge is -1.97. The maximum absolute atomic E-state index is 4.58. The van der Waals surface area contributed by atoms with Gasteiger partial charge in [-0.3, -0.25) is 0 Å². The summed E-state index contributed by atoms with van der Waals surface area (Å²) in [5.74, 6) is 0.518. The van der Waals surface area contributed by atoms with Gasteiger partial charge in [-0.2, -0.15) is 0 Å². The molecule has 0 unspecified atom stereocenters. The van der Waals surface area contributed by atoms with E-state index in [0.29, 0.717) is 5.92 Å². The summed E-state index contributed by atoms with van der Waals surface area (Å²) < 4.78 is 0. The molecule has 0 aliphatic carbocycles. The summed E-state index contributed by atoms with van der Waals surface area (Å²) in [7, 11) is 0. The first-order valence-electron chi connectivity index (χ1n) is 4.69. The van der Waals surface area contributed by atoms with Crippen LogP contribution in [0.1, 0.15) is 24.8 Å². The third-order valence-corrected chi connectivity index (χ3v) is 3.18. The molecule has 0 atom stereocenters. The van der Waals surface area contributed by atoms with Crippen molar-refractivity contribution in [3.63, 3.8) is 0 Å². The molecule has 1 nitrogen and oxygen atoms in total. The zero-order chi connectivity index (χ0) is 9.97. The smallest absolute Gasteiger partial charge is 0.0958 e. The van der Waals surface area contributed by atoms with E-state index in [0.717, 1.165) is 5.69 Å². The fourth-order valence-corrected chi connectivity index (χ4v) is 2.09. The second kappa shape index (κ2) is 3.93. The largest absolute Gasteiger partial charge is 0.241 e. The standard InChI is InChI=1S/C12H12NS/c1-9(2)12-13-11(8-14-12)10-6-4-3-5-7-10/h4-9H,1-2H3. The minimum atomic E-state index is 0.518. The molecule has 0 saturated heterocycles. The fraction of sp³-hybridized carbons (Fsp3) is 0.250. The Morgan fingerprint density at radius 2 is 2.00 bits per heavy atom. The average molecular weight is 202 g/mol. The molecule has 1 aromatic heterocycles. The first-order chi connectivity index (χ1) is 6.77. The first kappa shape index (κ1) is 9.41. The van der Waals surface area contributed by atoms with Gasteiger partial charge in [-0.25, -0.2) is 4.98 Å². The molecule has 0 aliphatic rings. The number of rotatable bonds is 2. The van der Waals surface area contributed by atoms with E-state index < -0.39 is 0 Å². The van der Waals surface area contributed by atoms with E-state index >= 15 is 0 Å². The van der Waals surface area contributed by atoms with Crippen LogP contribution in [-0.4, -0.2) is 4.98 Å². The zero-order valence-electron chi connectivity index (χ0n) is 8.32.